The van der Waals surface area contributed by atoms with Crippen LogP contribution in [0.2, 0.25) is 5.02 Å². The van der Waals surface area contributed by atoms with Crippen LogP contribution in [0.3, 0.4) is 0 Å². The summed E-state index contributed by atoms with van der Waals surface area (Å²) >= 11 is 7.15. The van der Waals surface area contributed by atoms with Gasteiger partial charge < -0.3 is 9.88 Å². The van der Waals surface area contributed by atoms with Crippen molar-refractivity contribution in [3.05, 3.63) is 63.7 Å². The highest BCUT2D eigenvalue weighted by Crippen LogP contribution is 2.26. The van der Waals surface area contributed by atoms with E-state index >= 15 is 0 Å². The highest BCUT2D eigenvalue weighted by molar-refractivity contribution is 7.99. The Kier molecular flexibility index (Phi) is 6.27. The third-order valence-corrected chi connectivity index (χ3v) is 4.99. The minimum atomic E-state index is -0.452. The number of anilines is 1. The quantitative estimate of drug-likeness (QED) is 0.350. The molecule has 0 bridgehead atoms. The van der Waals surface area contributed by atoms with Gasteiger partial charge in [0.25, 0.3) is 5.69 Å². The molecule has 0 fully saturated rings. The molecule has 144 valence electrons. The average molecular weight is 418 g/mol. The largest absolute Gasteiger partial charge is 0.325 e. The average Bonchev–Trinajstić information content (AvgIpc) is 3.09. The number of benzene rings is 2. The summed E-state index contributed by atoms with van der Waals surface area (Å²) in [5, 5.41) is 23.2. The lowest BCUT2D eigenvalue weighted by molar-refractivity contribution is -0.384. The van der Waals surface area contributed by atoms with Gasteiger partial charge in [-0.2, -0.15) is 0 Å². The Labute approximate surface area is 170 Å². The third kappa shape index (κ3) is 4.68. The first kappa shape index (κ1) is 19.8. The molecule has 0 atom stereocenters. The van der Waals surface area contributed by atoms with E-state index in [-0.39, 0.29) is 17.3 Å². The van der Waals surface area contributed by atoms with Crippen molar-refractivity contribution in [1.29, 1.82) is 0 Å². The Morgan fingerprint density at radius 1 is 1.25 bits per heavy atom. The summed E-state index contributed by atoms with van der Waals surface area (Å²) < 4.78 is 1.82. The summed E-state index contributed by atoms with van der Waals surface area (Å²) in [5.41, 5.74) is 1.20. The minimum Gasteiger partial charge on any atom is -0.325 e. The van der Waals surface area contributed by atoms with Gasteiger partial charge in [0, 0.05) is 35.0 Å². The standard InChI is InChI=1S/C18H16ClN5O3S/c1-2-23-17(12-5-3-8-15(9-12)24(26)27)21-22-18(23)28-11-16(25)20-14-7-4-6-13(19)10-14/h3-10H,2,11H2,1H3,(H,20,25). The van der Waals surface area contributed by atoms with E-state index in [1.165, 1.54) is 23.9 Å². The molecule has 0 aliphatic rings. The second-order valence-corrected chi connectivity index (χ2v) is 7.08. The van der Waals surface area contributed by atoms with E-state index in [0.717, 1.165) is 0 Å². The van der Waals surface area contributed by atoms with Crippen molar-refractivity contribution in [3.8, 4) is 11.4 Å². The molecule has 2 aromatic carbocycles. The number of amides is 1. The highest BCUT2D eigenvalue weighted by atomic mass is 35.5. The molecule has 3 rings (SSSR count). The predicted molar refractivity (Wildman–Crippen MR) is 109 cm³/mol. The second-order valence-electron chi connectivity index (χ2n) is 5.71. The number of hydrogen-bond acceptors (Lipinski definition) is 6. The van der Waals surface area contributed by atoms with Gasteiger partial charge in [-0.15, -0.1) is 10.2 Å². The number of aromatic nitrogens is 3. The molecule has 1 N–H and O–H groups in total. The van der Waals surface area contributed by atoms with Gasteiger partial charge in [0.15, 0.2) is 11.0 Å². The van der Waals surface area contributed by atoms with Crippen molar-refractivity contribution in [1.82, 2.24) is 14.8 Å². The van der Waals surface area contributed by atoms with Gasteiger partial charge >= 0.3 is 0 Å². The van der Waals surface area contributed by atoms with Crippen LogP contribution in [-0.4, -0.2) is 31.3 Å². The molecule has 0 aliphatic carbocycles. The van der Waals surface area contributed by atoms with Gasteiger partial charge in [0.1, 0.15) is 0 Å². The Bertz CT molecular complexity index is 1020. The van der Waals surface area contributed by atoms with Gasteiger partial charge in [-0.3, -0.25) is 14.9 Å². The first-order valence-corrected chi connectivity index (χ1v) is 9.70. The van der Waals surface area contributed by atoms with Crippen molar-refractivity contribution >= 4 is 40.6 Å². The summed E-state index contributed by atoms with van der Waals surface area (Å²) in [6, 6.07) is 13.1. The highest BCUT2D eigenvalue weighted by Gasteiger charge is 2.16. The zero-order chi connectivity index (χ0) is 20.1. The Balaban J connectivity index is 1.72. The maximum Gasteiger partial charge on any atom is 0.270 e. The van der Waals surface area contributed by atoms with Crippen LogP contribution < -0.4 is 5.32 Å². The molecule has 1 aromatic heterocycles. The van der Waals surface area contributed by atoms with E-state index < -0.39 is 4.92 Å². The lowest BCUT2D eigenvalue weighted by Gasteiger charge is -2.08. The topological polar surface area (TPSA) is 103 Å². The molecule has 0 aliphatic heterocycles. The molecule has 0 saturated carbocycles. The summed E-state index contributed by atoms with van der Waals surface area (Å²) in [5.74, 6) is 0.457. The summed E-state index contributed by atoms with van der Waals surface area (Å²) in [6.45, 7) is 2.48. The van der Waals surface area contributed by atoms with Crippen LogP contribution >= 0.6 is 23.4 Å². The molecule has 0 saturated heterocycles. The number of carbonyl (C=O) groups is 1. The fourth-order valence-electron chi connectivity index (χ4n) is 2.55. The summed E-state index contributed by atoms with van der Waals surface area (Å²) in [4.78, 5) is 22.7. The summed E-state index contributed by atoms with van der Waals surface area (Å²) in [6.07, 6.45) is 0. The Morgan fingerprint density at radius 3 is 2.75 bits per heavy atom. The van der Waals surface area contributed by atoms with E-state index in [1.54, 1.807) is 36.4 Å². The van der Waals surface area contributed by atoms with E-state index in [9.17, 15) is 14.9 Å². The van der Waals surface area contributed by atoms with Crippen LogP contribution in [0.15, 0.2) is 53.7 Å². The first-order chi connectivity index (χ1) is 13.5. The lowest BCUT2D eigenvalue weighted by Crippen LogP contribution is -2.14. The normalized spacial score (nSPS) is 10.6. The molecule has 0 radical (unpaired) electrons. The molecule has 1 amide bonds. The number of nitro benzene ring substituents is 1. The SMILES string of the molecule is CCn1c(SCC(=O)Nc2cccc(Cl)c2)nnc1-c1cccc([N+](=O)[O-])c1. The molecular weight excluding hydrogens is 402 g/mol. The Hall–Kier alpha value is -2.91. The third-order valence-electron chi connectivity index (χ3n) is 3.79. The zero-order valence-electron chi connectivity index (χ0n) is 14.8. The monoisotopic (exact) mass is 417 g/mol. The van der Waals surface area contributed by atoms with Gasteiger partial charge in [0.2, 0.25) is 5.91 Å². The number of nitrogens with zero attached hydrogens (tertiary/aromatic N) is 4. The smallest absolute Gasteiger partial charge is 0.270 e. The Morgan fingerprint density at radius 2 is 2.04 bits per heavy atom. The number of nitrogens with one attached hydrogen (secondary N) is 1. The first-order valence-electron chi connectivity index (χ1n) is 8.34. The molecule has 3 aromatic rings. The van der Waals surface area contributed by atoms with E-state index in [4.69, 9.17) is 11.6 Å². The van der Waals surface area contributed by atoms with E-state index in [0.29, 0.717) is 33.8 Å². The number of carbonyl (C=O) groups excluding carboxylic acids is 1. The number of nitro groups is 1. The van der Waals surface area contributed by atoms with Gasteiger partial charge in [0.05, 0.1) is 10.7 Å². The number of rotatable bonds is 7. The van der Waals surface area contributed by atoms with Crippen molar-refractivity contribution in [2.75, 3.05) is 11.1 Å². The van der Waals surface area contributed by atoms with Crippen LogP contribution in [-0.2, 0) is 11.3 Å². The van der Waals surface area contributed by atoms with Crippen LogP contribution in [0.1, 0.15) is 6.92 Å². The number of thioether (sulfide) groups is 1. The molecule has 8 nitrogen and oxygen atoms in total. The van der Waals surface area contributed by atoms with Gasteiger partial charge in [-0.05, 0) is 25.1 Å². The van der Waals surface area contributed by atoms with Crippen molar-refractivity contribution in [3.63, 3.8) is 0 Å². The molecule has 0 unspecified atom stereocenters. The maximum absolute atomic E-state index is 12.2. The van der Waals surface area contributed by atoms with Crippen molar-refractivity contribution in [2.24, 2.45) is 0 Å². The second kappa shape index (κ2) is 8.85. The van der Waals surface area contributed by atoms with Gasteiger partial charge in [-0.25, -0.2) is 0 Å². The van der Waals surface area contributed by atoms with Crippen LogP contribution in [0, 0.1) is 10.1 Å². The van der Waals surface area contributed by atoms with Crippen molar-refractivity contribution < 1.29 is 9.72 Å². The fourth-order valence-corrected chi connectivity index (χ4v) is 3.54. The molecule has 28 heavy (non-hydrogen) atoms. The molecule has 1 heterocycles. The van der Waals surface area contributed by atoms with E-state index in [2.05, 4.69) is 15.5 Å². The molecule has 10 heteroatoms. The molecule has 0 spiro atoms. The minimum absolute atomic E-state index is 0.0155. The van der Waals surface area contributed by atoms with Crippen LogP contribution in [0.5, 0.6) is 0 Å². The lowest BCUT2D eigenvalue weighted by atomic mass is 10.2. The maximum atomic E-state index is 12.2. The number of hydrogen-bond donors (Lipinski definition) is 1. The van der Waals surface area contributed by atoms with E-state index in [1.807, 2.05) is 11.5 Å². The zero-order valence-corrected chi connectivity index (χ0v) is 16.4. The van der Waals surface area contributed by atoms with Crippen LogP contribution in [0.25, 0.3) is 11.4 Å². The number of halogens is 1. The summed E-state index contributed by atoms with van der Waals surface area (Å²) in [7, 11) is 0. The van der Waals surface area contributed by atoms with Crippen molar-refractivity contribution in [2.45, 2.75) is 18.6 Å². The van der Waals surface area contributed by atoms with Crippen LogP contribution in [0.4, 0.5) is 11.4 Å². The predicted octanol–water partition coefficient (Wildman–Crippen LogP) is 4.26. The number of non-ortho nitro benzene ring substituents is 1. The molecular formula is C18H16ClN5O3S. The van der Waals surface area contributed by atoms with Gasteiger partial charge in [-0.1, -0.05) is 41.6 Å². The fraction of sp³-hybridized carbons (Fsp3) is 0.167.